The van der Waals surface area contributed by atoms with Gasteiger partial charge in [-0.2, -0.15) is 0 Å². The molecule has 0 radical (unpaired) electrons. The molecule has 0 aliphatic carbocycles. The van der Waals surface area contributed by atoms with Gasteiger partial charge >= 0.3 is 0 Å². The van der Waals surface area contributed by atoms with Gasteiger partial charge in [0.2, 0.25) is 0 Å². The second-order valence-electron chi connectivity index (χ2n) is 4.09. The minimum absolute atomic E-state index is 0.515. The average molecular weight is 241 g/mol. The van der Waals surface area contributed by atoms with Crippen LogP contribution >= 0.6 is 0 Å². The third kappa shape index (κ3) is 4.77. The lowest BCUT2D eigenvalue weighted by atomic mass is 10.2. The molecule has 2 N–H and O–H groups in total. The fraction of sp³-hybridized carbons (Fsp3) is 0.500. The summed E-state index contributed by atoms with van der Waals surface area (Å²) >= 11 is 0. The van der Waals surface area contributed by atoms with E-state index in [0.29, 0.717) is 30.6 Å². The fourth-order valence-corrected chi connectivity index (χ4v) is 2.23. The Morgan fingerprint density at radius 2 is 2.19 bits per heavy atom. The molecular formula is C12H19NO2S. The van der Waals surface area contributed by atoms with Crippen LogP contribution in [0.1, 0.15) is 13.8 Å². The van der Waals surface area contributed by atoms with Crippen LogP contribution in [0.3, 0.4) is 0 Å². The molecule has 3 nitrogen and oxygen atoms in total. The first-order chi connectivity index (χ1) is 7.59. The van der Waals surface area contributed by atoms with Gasteiger partial charge in [0.25, 0.3) is 0 Å². The van der Waals surface area contributed by atoms with Crippen molar-refractivity contribution in [1.82, 2.24) is 0 Å². The zero-order valence-electron chi connectivity index (χ0n) is 9.81. The standard InChI is InChI=1S/C12H19NO2S/c1-10(2)9-15-6-7-16(14)12-5-3-4-11(13)8-12/h3-5,8,10H,6-7,9,13H2,1-2H3. The van der Waals surface area contributed by atoms with Gasteiger partial charge in [-0.3, -0.25) is 4.21 Å². The number of hydrogen-bond acceptors (Lipinski definition) is 3. The van der Waals surface area contributed by atoms with Crippen molar-refractivity contribution in [3.05, 3.63) is 24.3 Å². The topological polar surface area (TPSA) is 52.3 Å². The van der Waals surface area contributed by atoms with E-state index in [2.05, 4.69) is 13.8 Å². The Balaban J connectivity index is 2.35. The van der Waals surface area contributed by atoms with Crippen molar-refractivity contribution in [3.63, 3.8) is 0 Å². The van der Waals surface area contributed by atoms with Crippen LogP contribution in [0.5, 0.6) is 0 Å². The van der Waals surface area contributed by atoms with Crippen LogP contribution < -0.4 is 5.73 Å². The summed E-state index contributed by atoms with van der Waals surface area (Å²) in [4.78, 5) is 0.771. The largest absolute Gasteiger partial charge is 0.399 e. The van der Waals surface area contributed by atoms with Crippen LogP contribution in [-0.4, -0.2) is 23.2 Å². The highest BCUT2D eigenvalue weighted by atomic mass is 32.2. The summed E-state index contributed by atoms with van der Waals surface area (Å²) in [6.45, 7) is 5.43. The van der Waals surface area contributed by atoms with Crippen molar-refractivity contribution in [2.24, 2.45) is 5.92 Å². The number of nitrogen functional groups attached to an aromatic ring is 1. The van der Waals surface area contributed by atoms with Crippen LogP contribution in [-0.2, 0) is 15.5 Å². The molecule has 0 saturated heterocycles. The van der Waals surface area contributed by atoms with E-state index in [4.69, 9.17) is 10.5 Å². The molecule has 0 heterocycles. The summed E-state index contributed by atoms with van der Waals surface area (Å²) in [5, 5.41) is 0. The van der Waals surface area contributed by atoms with E-state index >= 15 is 0 Å². The van der Waals surface area contributed by atoms with Gasteiger partial charge in [-0.1, -0.05) is 19.9 Å². The number of benzene rings is 1. The van der Waals surface area contributed by atoms with E-state index < -0.39 is 10.8 Å². The average Bonchev–Trinajstić information content (AvgIpc) is 2.24. The maximum atomic E-state index is 11.8. The Morgan fingerprint density at radius 1 is 1.44 bits per heavy atom. The van der Waals surface area contributed by atoms with Crippen molar-refractivity contribution < 1.29 is 8.95 Å². The molecule has 1 unspecified atom stereocenters. The Bertz CT molecular complexity index is 353. The quantitative estimate of drug-likeness (QED) is 0.612. The molecule has 0 aromatic heterocycles. The van der Waals surface area contributed by atoms with Gasteiger partial charge in [-0.05, 0) is 24.1 Å². The first-order valence-corrected chi connectivity index (χ1v) is 6.73. The molecule has 0 saturated carbocycles. The highest BCUT2D eigenvalue weighted by molar-refractivity contribution is 7.85. The van der Waals surface area contributed by atoms with E-state index in [1.165, 1.54) is 0 Å². The predicted octanol–water partition coefficient (Wildman–Crippen LogP) is 2.05. The number of ether oxygens (including phenoxy) is 1. The maximum absolute atomic E-state index is 11.8. The van der Waals surface area contributed by atoms with E-state index in [1.807, 2.05) is 12.1 Å². The normalized spacial score (nSPS) is 12.9. The van der Waals surface area contributed by atoms with Crippen LogP contribution in [0.2, 0.25) is 0 Å². The lowest BCUT2D eigenvalue weighted by molar-refractivity contribution is 0.123. The minimum atomic E-state index is -1.01. The number of anilines is 1. The molecular weight excluding hydrogens is 222 g/mol. The molecule has 4 heteroatoms. The molecule has 0 aliphatic rings. The lowest BCUT2D eigenvalue weighted by Gasteiger charge is -2.07. The SMILES string of the molecule is CC(C)COCCS(=O)c1cccc(N)c1. The Hall–Kier alpha value is -0.870. The van der Waals surface area contributed by atoms with Gasteiger partial charge in [0.05, 0.1) is 23.2 Å². The minimum Gasteiger partial charge on any atom is -0.399 e. The van der Waals surface area contributed by atoms with Crippen LogP contribution in [0.15, 0.2) is 29.2 Å². The zero-order valence-corrected chi connectivity index (χ0v) is 10.6. The van der Waals surface area contributed by atoms with Crippen molar-refractivity contribution >= 4 is 16.5 Å². The van der Waals surface area contributed by atoms with E-state index in [0.717, 1.165) is 4.90 Å². The van der Waals surface area contributed by atoms with Gasteiger partial charge in [0.15, 0.2) is 0 Å². The van der Waals surface area contributed by atoms with Gasteiger partial charge in [-0.15, -0.1) is 0 Å². The first kappa shape index (κ1) is 13.2. The highest BCUT2D eigenvalue weighted by Gasteiger charge is 2.04. The zero-order chi connectivity index (χ0) is 12.0. The maximum Gasteiger partial charge on any atom is 0.0585 e. The van der Waals surface area contributed by atoms with E-state index in [-0.39, 0.29) is 0 Å². The molecule has 16 heavy (non-hydrogen) atoms. The van der Waals surface area contributed by atoms with Crippen LogP contribution in [0, 0.1) is 5.92 Å². The van der Waals surface area contributed by atoms with Crippen molar-refractivity contribution in [1.29, 1.82) is 0 Å². The second-order valence-corrected chi connectivity index (χ2v) is 5.66. The first-order valence-electron chi connectivity index (χ1n) is 5.41. The molecule has 90 valence electrons. The highest BCUT2D eigenvalue weighted by Crippen LogP contribution is 2.11. The summed E-state index contributed by atoms with van der Waals surface area (Å²) in [5.41, 5.74) is 6.27. The van der Waals surface area contributed by atoms with E-state index in [9.17, 15) is 4.21 Å². The van der Waals surface area contributed by atoms with Gasteiger partial charge in [-0.25, -0.2) is 0 Å². The van der Waals surface area contributed by atoms with Gasteiger partial charge in [0, 0.05) is 17.2 Å². The molecule has 0 fully saturated rings. The second kappa shape index (κ2) is 6.66. The molecule has 1 atom stereocenters. The van der Waals surface area contributed by atoms with E-state index in [1.54, 1.807) is 12.1 Å². The molecule has 1 aromatic rings. The summed E-state index contributed by atoms with van der Waals surface area (Å²) in [5.74, 6) is 1.04. The lowest BCUT2D eigenvalue weighted by Crippen LogP contribution is -2.10. The van der Waals surface area contributed by atoms with Crippen molar-refractivity contribution in [2.45, 2.75) is 18.7 Å². The van der Waals surface area contributed by atoms with Crippen LogP contribution in [0.4, 0.5) is 5.69 Å². The number of rotatable bonds is 6. The fourth-order valence-electron chi connectivity index (χ4n) is 1.23. The van der Waals surface area contributed by atoms with Gasteiger partial charge in [0.1, 0.15) is 0 Å². The molecule has 1 rings (SSSR count). The van der Waals surface area contributed by atoms with Gasteiger partial charge < -0.3 is 10.5 Å². The third-order valence-corrected chi connectivity index (χ3v) is 3.30. The van der Waals surface area contributed by atoms with Crippen LogP contribution in [0.25, 0.3) is 0 Å². The molecule has 0 amide bonds. The molecule has 1 aromatic carbocycles. The number of nitrogens with two attached hydrogens (primary N) is 1. The summed E-state index contributed by atoms with van der Waals surface area (Å²) < 4.78 is 17.2. The van der Waals surface area contributed by atoms with Crippen molar-refractivity contribution in [2.75, 3.05) is 24.7 Å². The monoisotopic (exact) mass is 241 g/mol. The molecule has 0 bridgehead atoms. The van der Waals surface area contributed by atoms with Crippen molar-refractivity contribution in [3.8, 4) is 0 Å². The summed E-state index contributed by atoms with van der Waals surface area (Å²) in [6.07, 6.45) is 0. The smallest absolute Gasteiger partial charge is 0.0585 e. The Labute approximate surface area is 99.4 Å². The Morgan fingerprint density at radius 3 is 2.81 bits per heavy atom. The predicted molar refractivity (Wildman–Crippen MR) is 67.8 cm³/mol. The summed E-state index contributed by atoms with van der Waals surface area (Å²) in [6, 6.07) is 7.18. The number of hydrogen-bond donors (Lipinski definition) is 1. The third-order valence-electron chi connectivity index (χ3n) is 1.99. The molecule has 0 spiro atoms. The molecule has 0 aliphatic heterocycles. The summed E-state index contributed by atoms with van der Waals surface area (Å²) in [7, 11) is -1.01. The Kier molecular flexibility index (Phi) is 5.49.